The van der Waals surface area contributed by atoms with Crippen LogP contribution in [0.15, 0.2) is 0 Å². The molecule has 2 aliphatic rings. The Bertz CT molecular complexity index is 158. The van der Waals surface area contributed by atoms with Gasteiger partial charge in [-0.3, -0.25) is 0 Å². The van der Waals surface area contributed by atoms with Crippen LogP contribution < -0.4 is 0 Å². The predicted octanol–water partition coefficient (Wildman–Crippen LogP) is 3.74. The fraction of sp³-hybridized carbons (Fsp3) is 1.00. The van der Waals surface area contributed by atoms with E-state index in [0.717, 1.165) is 25.4 Å². The van der Waals surface area contributed by atoms with Gasteiger partial charge in [-0.05, 0) is 31.6 Å². The minimum Gasteiger partial charge on any atom is -0.378 e. The molecule has 0 aromatic carbocycles. The lowest BCUT2D eigenvalue weighted by atomic mass is 9.94. The summed E-state index contributed by atoms with van der Waals surface area (Å²) >= 11 is 5.91. The van der Waals surface area contributed by atoms with Gasteiger partial charge in [-0.15, -0.1) is 11.6 Å². The molecule has 0 amide bonds. The van der Waals surface area contributed by atoms with Crippen molar-refractivity contribution in [2.75, 3.05) is 6.61 Å². The molecule has 0 bridgehead atoms. The molecular weight excluding hydrogens is 196 g/mol. The highest BCUT2D eigenvalue weighted by molar-refractivity contribution is 6.21. The Hall–Kier alpha value is 0.250. The average molecular weight is 217 g/mol. The molecule has 0 atom stereocenters. The van der Waals surface area contributed by atoms with Crippen molar-refractivity contribution >= 4 is 11.6 Å². The first-order valence-corrected chi connectivity index (χ1v) is 6.54. The second-order valence-corrected chi connectivity index (χ2v) is 5.50. The van der Waals surface area contributed by atoms with Crippen LogP contribution in [0.5, 0.6) is 0 Å². The van der Waals surface area contributed by atoms with Crippen LogP contribution in [-0.2, 0) is 4.74 Å². The second kappa shape index (κ2) is 5.37. The van der Waals surface area contributed by atoms with Crippen LogP contribution in [0.3, 0.4) is 0 Å². The Morgan fingerprint density at radius 3 is 2.21 bits per heavy atom. The van der Waals surface area contributed by atoms with Crippen molar-refractivity contribution in [2.24, 2.45) is 5.92 Å². The first-order valence-electron chi connectivity index (χ1n) is 6.10. The summed E-state index contributed by atoms with van der Waals surface area (Å²) in [5.41, 5.74) is 0. The summed E-state index contributed by atoms with van der Waals surface area (Å²) in [6.45, 7) is 0.994. The molecule has 0 aliphatic heterocycles. The molecule has 0 heterocycles. The number of halogens is 1. The topological polar surface area (TPSA) is 9.23 Å². The monoisotopic (exact) mass is 216 g/mol. The Kier molecular flexibility index (Phi) is 4.12. The highest BCUT2D eigenvalue weighted by Gasteiger charge is 2.28. The molecule has 82 valence electrons. The number of alkyl halides is 1. The van der Waals surface area contributed by atoms with E-state index >= 15 is 0 Å². The summed E-state index contributed by atoms with van der Waals surface area (Å²) < 4.78 is 5.86. The summed E-state index contributed by atoms with van der Waals surface area (Å²) in [6.07, 6.45) is 11.1. The lowest BCUT2D eigenvalue weighted by molar-refractivity contribution is -0.0157. The van der Waals surface area contributed by atoms with Gasteiger partial charge in [-0.1, -0.05) is 25.7 Å². The van der Waals surface area contributed by atoms with E-state index in [0.29, 0.717) is 11.5 Å². The van der Waals surface area contributed by atoms with Gasteiger partial charge in [-0.25, -0.2) is 0 Å². The van der Waals surface area contributed by atoms with Crippen LogP contribution in [0.25, 0.3) is 0 Å². The quantitative estimate of drug-likeness (QED) is 0.516. The maximum atomic E-state index is 5.91. The largest absolute Gasteiger partial charge is 0.378 e. The summed E-state index contributed by atoms with van der Waals surface area (Å²) in [5.74, 6) is 0.840. The number of ether oxygens (including phenoxy) is 1. The highest BCUT2D eigenvalue weighted by Crippen LogP contribution is 2.30. The lowest BCUT2D eigenvalue weighted by Crippen LogP contribution is -2.33. The van der Waals surface area contributed by atoms with E-state index in [1.54, 1.807) is 0 Å². The smallest absolute Gasteiger partial charge is 0.0603 e. The third kappa shape index (κ3) is 3.13. The zero-order valence-electron chi connectivity index (χ0n) is 8.88. The second-order valence-electron chi connectivity index (χ2n) is 4.88. The van der Waals surface area contributed by atoms with Crippen LogP contribution in [0, 0.1) is 5.92 Å². The molecule has 2 saturated carbocycles. The van der Waals surface area contributed by atoms with Crippen LogP contribution in [-0.4, -0.2) is 18.1 Å². The summed E-state index contributed by atoms with van der Waals surface area (Å²) in [4.78, 5) is 0. The van der Waals surface area contributed by atoms with Crippen molar-refractivity contribution < 1.29 is 4.74 Å². The molecule has 2 heteroatoms. The molecule has 0 saturated heterocycles. The Morgan fingerprint density at radius 1 is 1.00 bits per heavy atom. The van der Waals surface area contributed by atoms with Crippen molar-refractivity contribution in [1.29, 1.82) is 0 Å². The van der Waals surface area contributed by atoms with E-state index in [9.17, 15) is 0 Å². The van der Waals surface area contributed by atoms with E-state index in [1.807, 2.05) is 0 Å². The van der Waals surface area contributed by atoms with Crippen molar-refractivity contribution in [3.8, 4) is 0 Å². The van der Waals surface area contributed by atoms with E-state index in [1.165, 1.54) is 38.5 Å². The summed E-state index contributed by atoms with van der Waals surface area (Å²) in [5, 5.41) is 0.397. The van der Waals surface area contributed by atoms with Crippen molar-refractivity contribution in [2.45, 2.75) is 62.8 Å². The number of rotatable bonds is 3. The molecule has 0 spiro atoms. The molecule has 0 aromatic rings. The lowest BCUT2D eigenvalue weighted by Gasteiger charge is -2.32. The van der Waals surface area contributed by atoms with E-state index in [2.05, 4.69) is 0 Å². The van der Waals surface area contributed by atoms with Gasteiger partial charge in [0, 0.05) is 12.0 Å². The number of hydrogen-bond acceptors (Lipinski definition) is 1. The molecule has 2 rings (SSSR count). The Morgan fingerprint density at radius 2 is 1.64 bits per heavy atom. The standard InChI is InChI=1S/C12H21ClO/c13-11-7-12(8-11)14-9-10-5-3-1-2-4-6-10/h10-12H,1-9H2. The van der Waals surface area contributed by atoms with Crippen molar-refractivity contribution in [3.63, 3.8) is 0 Å². The summed E-state index contributed by atoms with van der Waals surface area (Å²) in [6, 6.07) is 0. The SMILES string of the molecule is ClC1CC(OCC2CCCCCC2)C1. The molecule has 0 aromatic heterocycles. The zero-order chi connectivity index (χ0) is 9.80. The maximum absolute atomic E-state index is 5.91. The van der Waals surface area contributed by atoms with Crippen molar-refractivity contribution in [1.82, 2.24) is 0 Å². The van der Waals surface area contributed by atoms with Gasteiger partial charge in [0.2, 0.25) is 0 Å². The van der Waals surface area contributed by atoms with Gasteiger partial charge in [0.25, 0.3) is 0 Å². The Balaban J connectivity index is 1.59. The van der Waals surface area contributed by atoms with Gasteiger partial charge in [0.05, 0.1) is 6.10 Å². The van der Waals surface area contributed by atoms with Crippen LogP contribution in [0.2, 0.25) is 0 Å². The highest BCUT2D eigenvalue weighted by atomic mass is 35.5. The van der Waals surface area contributed by atoms with Crippen LogP contribution in [0.1, 0.15) is 51.4 Å². The third-order valence-electron chi connectivity index (χ3n) is 3.58. The van der Waals surface area contributed by atoms with Gasteiger partial charge in [0.15, 0.2) is 0 Å². The minimum atomic E-state index is 0.397. The molecule has 2 fully saturated rings. The normalized spacial score (nSPS) is 34.9. The Labute approximate surface area is 92.2 Å². The van der Waals surface area contributed by atoms with Gasteiger partial charge < -0.3 is 4.74 Å². The molecule has 14 heavy (non-hydrogen) atoms. The molecule has 0 unspecified atom stereocenters. The molecule has 1 nitrogen and oxygen atoms in total. The van der Waals surface area contributed by atoms with Crippen LogP contribution >= 0.6 is 11.6 Å². The zero-order valence-corrected chi connectivity index (χ0v) is 9.64. The maximum Gasteiger partial charge on any atom is 0.0603 e. The fourth-order valence-electron chi connectivity index (χ4n) is 2.44. The molecular formula is C12H21ClO. The number of hydrogen-bond donors (Lipinski definition) is 0. The first-order chi connectivity index (χ1) is 6.84. The van der Waals surface area contributed by atoms with Crippen molar-refractivity contribution in [3.05, 3.63) is 0 Å². The first kappa shape index (κ1) is 10.8. The minimum absolute atomic E-state index is 0.397. The molecule has 2 aliphatic carbocycles. The predicted molar refractivity (Wildman–Crippen MR) is 59.8 cm³/mol. The molecule has 0 radical (unpaired) electrons. The third-order valence-corrected chi connectivity index (χ3v) is 3.94. The van der Waals surface area contributed by atoms with Gasteiger partial charge >= 0.3 is 0 Å². The van der Waals surface area contributed by atoms with Crippen LogP contribution in [0.4, 0.5) is 0 Å². The van der Waals surface area contributed by atoms with E-state index < -0.39 is 0 Å². The summed E-state index contributed by atoms with van der Waals surface area (Å²) in [7, 11) is 0. The fourth-order valence-corrected chi connectivity index (χ4v) is 2.84. The van der Waals surface area contributed by atoms with E-state index in [-0.39, 0.29) is 0 Å². The van der Waals surface area contributed by atoms with Gasteiger partial charge in [-0.2, -0.15) is 0 Å². The van der Waals surface area contributed by atoms with Gasteiger partial charge in [0.1, 0.15) is 0 Å². The molecule has 0 N–H and O–H groups in total. The van der Waals surface area contributed by atoms with E-state index in [4.69, 9.17) is 16.3 Å². The average Bonchev–Trinajstić information content (AvgIpc) is 2.38.